The fraction of sp³-hybridized carbons (Fsp3) is 0.818. The molecule has 3 heteroatoms. The second-order valence-electron chi connectivity index (χ2n) is 4.07. The van der Waals surface area contributed by atoms with Gasteiger partial charge in [-0.2, -0.15) is 0 Å². The Morgan fingerprint density at radius 2 is 2.36 bits per heavy atom. The smallest absolute Gasteiger partial charge is 0.0897 e. The lowest BCUT2D eigenvalue weighted by atomic mass is 10.3. The Kier molecular flexibility index (Phi) is 5.15. The van der Waals surface area contributed by atoms with Crippen molar-refractivity contribution in [3.8, 4) is 0 Å². The molecule has 14 heavy (non-hydrogen) atoms. The Morgan fingerprint density at radius 3 is 2.93 bits per heavy atom. The van der Waals surface area contributed by atoms with Crippen LogP contribution in [0.5, 0.6) is 0 Å². The van der Waals surface area contributed by atoms with Crippen molar-refractivity contribution >= 4 is 0 Å². The summed E-state index contributed by atoms with van der Waals surface area (Å²) in [6.07, 6.45) is 4.00. The van der Waals surface area contributed by atoms with E-state index in [0.717, 1.165) is 12.5 Å². The van der Waals surface area contributed by atoms with Crippen molar-refractivity contribution in [2.75, 3.05) is 19.8 Å². The number of aliphatic hydroxyl groups excluding tert-OH is 1. The molecule has 0 amide bonds. The molecule has 1 fully saturated rings. The summed E-state index contributed by atoms with van der Waals surface area (Å²) < 4.78 is 5.37. The van der Waals surface area contributed by atoms with Gasteiger partial charge >= 0.3 is 0 Å². The highest BCUT2D eigenvalue weighted by molar-refractivity contribution is 4.81. The minimum absolute atomic E-state index is 0.244. The molecule has 0 saturated heterocycles. The lowest BCUT2D eigenvalue weighted by Crippen LogP contribution is -2.35. The molecule has 1 aliphatic rings. The maximum atomic E-state index is 9.51. The van der Waals surface area contributed by atoms with E-state index in [1.165, 1.54) is 12.8 Å². The monoisotopic (exact) mass is 199 g/mol. The zero-order valence-corrected chi connectivity index (χ0v) is 8.91. The predicted octanol–water partition coefficient (Wildman–Crippen LogP) is 0.938. The number of aliphatic hydroxyl groups is 1. The van der Waals surface area contributed by atoms with Gasteiger partial charge in [-0.25, -0.2) is 0 Å². The van der Waals surface area contributed by atoms with Gasteiger partial charge < -0.3 is 15.2 Å². The first-order valence-corrected chi connectivity index (χ1v) is 5.34. The summed E-state index contributed by atoms with van der Waals surface area (Å²) in [5.74, 6) is 0.766. The van der Waals surface area contributed by atoms with Crippen molar-refractivity contribution in [3.05, 3.63) is 12.7 Å². The van der Waals surface area contributed by atoms with Crippen LogP contribution in [-0.4, -0.2) is 37.0 Å². The summed E-state index contributed by atoms with van der Waals surface area (Å²) in [7, 11) is 0. The zero-order valence-electron chi connectivity index (χ0n) is 8.91. The fourth-order valence-corrected chi connectivity index (χ4v) is 1.12. The number of hydrogen-bond acceptors (Lipinski definition) is 3. The largest absolute Gasteiger partial charge is 0.389 e. The highest BCUT2D eigenvalue weighted by Crippen LogP contribution is 2.28. The van der Waals surface area contributed by atoms with Crippen LogP contribution in [0.25, 0.3) is 0 Å². The van der Waals surface area contributed by atoms with Gasteiger partial charge in [0.1, 0.15) is 0 Å². The average molecular weight is 199 g/mol. The van der Waals surface area contributed by atoms with Crippen molar-refractivity contribution in [1.82, 2.24) is 5.32 Å². The third-order valence-corrected chi connectivity index (χ3v) is 2.39. The summed E-state index contributed by atoms with van der Waals surface area (Å²) in [6, 6.07) is 0.244. The lowest BCUT2D eigenvalue weighted by molar-refractivity contribution is 0.0321. The molecule has 1 aliphatic carbocycles. The Hall–Kier alpha value is -0.380. The molecule has 0 heterocycles. The van der Waals surface area contributed by atoms with E-state index < -0.39 is 6.10 Å². The second kappa shape index (κ2) is 6.17. The Balaban J connectivity index is 1.91. The maximum Gasteiger partial charge on any atom is 0.0897 e. The van der Waals surface area contributed by atoms with E-state index in [1.54, 1.807) is 0 Å². The summed E-state index contributed by atoms with van der Waals surface area (Å²) in [4.78, 5) is 0. The minimum Gasteiger partial charge on any atom is -0.389 e. The van der Waals surface area contributed by atoms with Crippen molar-refractivity contribution in [2.45, 2.75) is 31.9 Å². The number of ether oxygens (including phenoxy) is 1. The summed E-state index contributed by atoms with van der Waals surface area (Å²) >= 11 is 0. The number of nitrogens with one attached hydrogen (secondary N) is 1. The van der Waals surface area contributed by atoms with Gasteiger partial charge in [0.05, 0.1) is 12.7 Å². The Labute approximate surface area is 86.2 Å². The SMILES string of the molecule is C=CC(C)NCC(O)COCC1CC1. The van der Waals surface area contributed by atoms with Crippen LogP contribution in [0.3, 0.4) is 0 Å². The molecule has 0 aliphatic heterocycles. The molecule has 1 rings (SSSR count). The van der Waals surface area contributed by atoms with E-state index >= 15 is 0 Å². The van der Waals surface area contributed by atoms with Crippen molar-refractivity contribution in [1.29, 1.82) is 0 Å². The van der Waals surface area contributed by atoms with Gasteiger partial charge in [0.2, 0.25) is 0 Å². The van der Waals surface area contributed by atoms with Gasteiger partial charge in [0.25, 0.3) is 0 Å². The summed E-state index contributed by atoms with van der Waals surface area (Å²) in [5.41, 5.74) is 0. The molecule has 0 radical (unpaired) electrons. The quantitative estimate of drug-likeness (QED) is 0.572. The van der Waals surface area contributed by atoms with Crippen LogP contribution >= 0.6 is 0 Å². The van der Waals surface area contributed by atoms with Crippen LogP contribution in [0, 0.1) is 5.92 Å². The van der Waals surface area contributed by atoms with Crippen LogP contribution in [-0.2, 0) is 4.74 Å². The van der Waals surface area contributed by atoms with Crippen molar-refractivity contribution in [2.24, 2.45) is 5.92 Å². The average Bonchev–Trinajstić information content (AvgIpc) is 2.98. The minimum atomic E-state index is -0.406. The van der Waals surface area contributed by atoms with Gasteiger partial charge in [-0.15, -0.1) is 6.58 Å². The van der Waals surface area contributed by atoms with E-state index in [2.05, 4.69) is 11.9 Å². The molecule has 0 aromatic heterocycles. The van der Waals surface area contributed by atoms with Gasteiger partial charge in [0, 0.05) is 19.2 Å². The third kappa shape index (κ3) is 5.37. The van der Waals surface area contributed by atoms with E-state index in [1.807, 2.05) is 13.0 Å². The molecule has 2 N–H and O–H groups in total. The first-order valence-electron chi connectivity index (χ1n) is 5.34. The highest BCUT2D eigenvalue weighted by atomic mass is 16.5. The molecule has 1 saturated carbocycles. The van der Waals surface area contributed by atoms with Crippen LogP contribution in [0.4, 0.5) is 0 Å². The second-order valence-corrected chi connectivity index (χ2v) is 4.07. The molecular weight excluding hydrogens is 178 g/mol. The fourth-order valence-electron chi connectivity index (χ4n) is 1.12. The molecule has 0 aromatic rings. The summed E-state index contributed by atoms with van der Waals surface area (Å²) in [6.45, 7) is 7.48. The maximum absolute atomic E-state index is 9.51. The number of hydrogen-bond donors (Lipinski definition) is 2. The van der Waals surface area contributed by atoms with E-state index in [4.69, 9.17) is 4.74 Å². The molecule has 0 aromatic carbocycles. The Bertz CT molecular complexity index is 169. The van der Waals surface area contributed by atoms with Gasteiger partial charge in [0.15, 0.2) is 0 Å². The van der Waals surface area contributed by atoms with Crippen LogP contribution in [0.15, 0.2) is 12.7 Å². The molecule has 2 atom stereocenters. The lowest BCUT2D eigenvalue weighted by Gasteiger charge is -2.14. The molecule has 82 valence electrons. The van der Waals surface area contributed by atoms with Crippen LogP contribution in [0.1, 0.15) is 19.8 Å². The standard InChI is InChI=1S/C11H21NO2/c1-3-9(2)12-6-11(13)8-14-7-10-4-5-10/h3,9-13H,1,4-8H2,2H3. The van der Waals surface area contributed by atoms with Crippen LogP contribution < -0.4 is 5.32 Å². The zero-order chi connectivity index (χ0) is 10.4. The van der Waals surface area contributed by atoms with E-state index in [-0.39, 0.29) is 6.04 Å². The molecule has 3 nitrogen and oxygen atoms in total. The van der Waals surface area contributed by atoms with E-state index in [9.17, 15) is 5.11 Å². The van der Waals surface area contributed by atoms with Crippen LogP contribution in [0.2, 0.25) is 0 Å². The topological polar surface area (TPSA) is 41.5 Å². The number of rotatable bonds is 8. The third-order valence-electron chi connectivity index (χ3n) is 2.39. The molecule has 0 spiro atoms. The first-order chi connectivity index (χ1) is 6.72. The van der Waals surface area contributed by atoms with Gasteiger partial charge in [-0.05, 0) is 25.7 Å². The Morgan fingerprint density at radius 1 is 1.64 bits per heavy atom. The van der Waals surface area contributed by atoms with Crippen molar-refractivity contribution in [3.63, 3.8) is 0 Å². The highest BCUT2D eigenvalue weighted by Gasteiger charge is 2.21. The predicted molar refractivity (Wildman–Crippen MR) is 57.2 cm³/mol. The van der Waals surface area contributed by atoms with Crippen molar-refractivity contribution < 1.29 is 9.84 Å². The first kappa shape index (κ1) is 11.7. The summed E-state index contributed by atoms with van der Waals surface area (Å²) in [5, 5.41) is 12.6. The molecule has 2 unspecified atom stereocenters. The van der Waals surface area contributed by atoms with Gasteiger partial charge in [-0.3, -0.25) is 0 Å². The normalized spacial score (nSPS) is 20.4. The van der Waals surface area contributed by atoms with Gasteiger partial charge in [-0.1, -0.05) is 6.08 Å². The molecule has 0 bridgehead atoms. The molecular formula is C11H21NO2. The van der Waals surface area contributed by atoms with E-state index in [0.29, 0.717) is 13.2 Å².